The Kier molecular flexibility index (Phi) is 3.90. The molecule has 2 aromatic heterocycles. The molecule has 7 heteroatoms. The highest BCUT2D eigenvalue weighted by Crippen LogP contribution is 2.39. The topological polar surface area (TPSA) is 61.5 Å². The summed E-state index contributed by atoms with van der Waals surface area (Å²) < 4.78 is 5.77. The number of nitrogens with zero attached hydrogens (tertiary/aromatic N) is 6. The van der Waals surface area contributed by atoms with E-state index < -0.39 is 0 Å². The molecule has 1 saturated carbocycles. The molecule has 0 bridgehead atoms. The standard InChI is InChI=1S/C18H24N6O/c1-2-6-19-16(3-1)24-9-7-23(8-10-24)15-11-22(12-15)13-17-20-21-18(25-17)14-4-5-14/h1-3,6,14-15H,4-5,7-13H2. The third kappa shape index (κ3) is 3.26. The fourth-order valence-electron chi connectivity index (χ4n) is 3.78. The van der Waals surface area contributed by atoms with Crippen LogP contribution in [-0.4, -0.2) is 70.3 Å². The Morgan fingerprint density at radius 2 is 1.88 bits per heavy atom. The molecule has 5 rings (SSSR count). The lowest BCUT2D eigenvalue weighted by molar-refractivity contribution is 0.0204. The van der Waals surface area contributed by atoms with Crippen LogP contribution >= 0.6 is 0 Å². The minimum Gasteiger partial charge on any atom is -0.424 e. The molecular weight excluding hydrogens is 316 g/mol. The molecule has 7 nitrogen and oxygen atoms in total. The van der Waals surface area contributed by atoms with E-state index >= 15 is 0 Å². The lowest BCUT2D eigenvalue weighted by Crippen LogP contribution is -2.62. The smallest absolute Gasteiger partial charge is 0.230 e. The van der Waals surface area contributed by atoms with Gasteiger partial charge in [-0.05, 0) is 25.0 Å². The molecule has 0 N–H and O–H groups in total. The molecule has 0 spiro atoms. The van der Waals surface area contributed by atoms with Gasteiger partial charge in [-0.2, -0.15) is 0 Å². The minimum atomic E-state index is 0.542. The molecule has 2 saturated heterocycles. The van der Waals surface area contributed by atoms with Gasteiger partial charge in [0.25, 0.3) is 0 Å². The fraction of sp³-hybridized carbons (Fsp3) is 0.611. The van der Waals surface area contributed by atoms with E-state index in [9.17, 15) is 0 Å². The predicted molar refractivity (Wildman–Crippen MR) is 93.4 cm³/mol. The van der Waals surface area contributed by atoms with Crippen LogP contribution in [0.1, 0.15) is 30.5 Å². The summed E-state index contributed by atoms with van der Waals surface area (Å²) in [5.41, 5.74) is 0. The highest BCUT2D eigenvalue weighted by atomic mass is 16.4. The van der Waals surface area contributed by atoms with Crippen LogP contribution in [0, 0.1) is 0 Å². The SMILES string of the molecule is c1ccc(N2CCN(C3CN(Cc4nnc(C5CC5)o4)C3)CC2)nc1. The van der Waals surface area contributed by atoms with E-state index in [-0.39, 0.29) is 0 Å². The Morgan fingerprint density at radius 1 is 1.04 bits per heavy atom. The summed E-state index contributed by atoms with van der Waals surface area (Å²) in [6.07, 6.45) is 4.29. The van der Waals surface area contributed by atoms with Crippen LogP contribution in [0.25, 0.3) is 0 Å². The molecule has 3 aliphatic rings. The van der Waals surface area contributed by atoms with E-state index in [1.54, 1.807) is 0 Å². The van der Waals surface area contributed by atoms with E-state index in [4.69, 9.17) is 4.42 Å². The van der Waals surface area contributed by atoms with Crippen molar-refractivity contribution >= 4 is 5.82 Å². The number of pyridine rings is 1. The lowest BCUT2D eigenvalue weighted by atomic mass is 10.1. The van der Waals surface area contributed by atoms with Gasteiger partial charge in [-0.15, -0.1) is 10.2 Å². The van der Waals surface area contributed by atoms with Gasteiger partial charge < -0.3 is 9.32 Å². The van der Waals surface area contributed by atoms with Crippen LogP contribution in [0.2, 0.25) is 0 Å². The highest BCUT2D eigenvalue weighted by Gasteiger charge is 2.35. The molecule has 0 aromatic carbocycles. The van der Waals surface area contributed by atoms with Crippen molar-refractivity contribution in [1.82, 2.24) is 25.0 Å². The van der Waals surface area contributed by atoms with Crippen molar-refractivity contribution in [3.8, 4) is 0 Å². The van der Waals surface area contributed by atoms with Crippen molar-refractivity contribution in [2.45, 2.75) is 31.3 Å². The molecule has 4 heterocycles. The van der Waals surface area contributed by atoms with Crippen molar-refractivity contribution in [3.05, 3.63) is 36.2 Å². The third-order valence-electron chi connectivity index (χ3n) is 5.51. The molecule has 132 valence electrons. The first-order valence-corrected chi connectivity index (χ1v) is 9.30. The number of hydrogen-bond acceptors (Lipinski definition) is 7. The van der Waals surface area contributed by atoms with Gasteiger partial charge in [-0.1, -0.05) is 6.07 Å². The zero-order chi connectivity index (χ0) is 16.6. The first-order valence-electron chi connectivity index (χ1n) is 9.30. The van der Waals surface area contributed by atoms with Crippen LogP contribution in [-0.2, 0) is 6.54 Å². The maximum atomic E-state index is 5.77. The zero-order valence-electron chi connectivity index (χ0n) is 14.4. The Bertz CT molecular complexity index is 701. The average Bonchev–Trinajstić information content (AvgIpc) is 3.38. The van der Waals surface area contributed by atoms with E-state index in [1.807, 2.05) is 12.3 Å². The van der Waals surface area contributed by atoms with Gasteiger partial charge >= 0.3 is 0 Å². The molecule has 0 radical (unpaired) electrons. The molecule has 3 fully saturated rings. The monoisotopic (exact) mass is 340 g/mol. The quantitative estimate of drug-likeness (QED) is 0.814. The van der Waals surface area contributed by atoms with Crippen molar-refractivity contribution in [1.29, 1.82) is 0 Å². The third-order valence-corrected chi connectivity index (χ3v) is 5.51. The van der Waals surface area contributed by atoms with E-state index in [0.29, 0.717) is 12.0 Å². The second kappa shape index (κ2) is 6.38. The number of aromatic nitrogens is 3. The second-order valence-corrected chi connectivity index (χ2v) is 7.37. The van der Waals surface area contributed by atoms with Crippen molar-refractivity contribution in [2.75, 3.05) is 44.2 Å². The lowest BCUT2D eigenvalue weighted by Gasteiger charge is -2.48. The van der Waals surface area contributed by atoms with Gasteiger partial charge in [-0.25, -0.2) is 4.98 Å². The zero-order valence-corrected chi connectivity index (χ0v) is 14.4. The summed E-state index contributed by atoms with van der Waals surface area (Å²) in [6, 6.07) is 6.79. The Balaban J connectivity index is 1.08. The Morgan fingerprint density at radius 3 is 2.60 bits per heavy atom. The number of likely N-dealkylation sites (tertiary alicyclic amines) is 1. The predicted octanol–water partition coefficient (Wildman–Crippen LogP) is 1.35. The Hall–Kier alpha value is -1.99. The van der Waals surface area contributed by atoms with Crippen LogP contribution in [0.15, 0.2) is 28.8 Å². The number of piperazine rings is 1. The first kappa shape index (κ1) is 15.3. The maximum Gasteiger partial charge on any atom is 0.230 e. The van der Waals surface area contributed by atoms with Crippen molar-refractivity contribution in [3.63, 3.8) is 0 Å². The number of anilines is 1. The minimum absolute atomic E-state index is 0.542. The highest BCUT2D eigenvalue weighted by molar-refractivity contribution is 5.38. The molecule has 2 aromatic rings. The number of hydrogen-bond donors (Lipinski definition) is 0. The molecular formula is C18H24N6O. The summed E-state index contributed by atoms with van der Waals surface area (Å²) in [6.45, 7) is 7.34. The van der Waals surface area contributed by atoms with Gasteiger partial charge in [0.1, 0.15) is 5.82 Å². The molecule has 0 amide bonds. The fourth-order valence-corrected chi connectivity index (χ4v) is 3.78. The summed E-state index contributed by atoms with van der Waals surface area (Å²) in [4.78, 5) is 11.9. The average molecular weight is 340 g/mol. The molecule has 2 aliphatic heterocycles. The van der Waals surface area contributed by atoms with Crippen LogP contribution in [0.3, 0.4) is 0 Å². The summed E-state index contributed by atoms with van der Waals surface area (Å²) in [7, 11) is 0. The van der Waals surface area contributed by atoms with Gasteiger partial charge in [0.2, 0.25) is 11.8 Å². The van der Waals surface area contributed by atoms with E-state index in [0.717, 1.165) is 63.4 Å². The van der Waals surface area contributed by atoms with Crippen LogP contribution in [0.4, 0.5) is 5.82 Å². The van der Waals surface area contributed by atoms with Gasteiger partial charge in [0.05, 0.1) is 6.54 Å². The van der Waals surface area contributed by atoms with Gasteiger partial charge in [0.15, 0.2) is 0 Å². The van der Waals surface area contributed by atoms with Crippen LogP contribution in [0.5, 0.6) is 0 Å². The summed E-state index contributed by atoms with van der Waals surface area (Å²) >= 11 is 0. The second-order valence-electron chi connectivity index (χ2n) is 7.37. The summed E-state index contributed by atoms with van der Waals surface area (Å²) in [5.74, 6) is 3.26. The van der Waals surface area contributed by atoms with E-state index in [1.165, 1.54) is 12.8 Å². The Labute approximate surface area is 147 Å². The van der Waals surface area contributed by atoms with Crippen molar-refractivity contribution in [2.24, 2.45) is 0 Å². The molecule has 1 aliphatic carbocycles. The first-order chi connectivity index (χ1) is 12.3. The van der Waals surface area contributed by atoms with Gasteiger partial charge in [0, 0.05) is 57.4 Å². The molecule has 25 heavy (non-hydrogen) atoms. The molecule has 0 unspecified atom stereocenters. The number of rotatable bonds is 5. The maximum absolute atomic E-state index is 5.77. The summed E-state index contributed by atoms with van der Waals surface area (Å²) in [5, 5.41) is 8.37. The normalized spacial score (nSPS) is 23.0. The van der Waals surface area contributed by atoms with Crippen LogP contribution < -0.4 is 4.90 Å². The van der Waals surface area contributed by atoms with Gasteiger partial charge in [-0.3, -0.25) is 9.80 Å². The largest absolute Gasteiger partial charge is 0.424 e. The van der Waals surface area contributed by atoms with E-state index in [2.05, 4.69) is 42.0 Å². The molecule has 0 atom stereocenters. The van der Waals surface area contributed by atoms with Crippen molar-refractivity contribution < 1.29 is 4.42 Å².